The first-order chi connectivity index (χ1) is 11.9. The zero-order valence-corrected chi connectivity index (χ0v) is 18.9. The molecule has 1 aliphatic rings. The molecule has 0 aliphatic heterocycles. The van der Waals surface area contributed by atoms with Crippen LogP contribution < -0.4 is 0 Å². The van der Waals surface area contributed by atoms with Gasteiger partial charge in [-0.05, 0) is 68.8 Å². The predicted molar refractivity (Wildman–Crippen MR) is 108 cm³/mol. The van der Waals surface area contributed by atoms with Gasteiger partial charge >= 0.3 is 0 Å². The minimum Gasteiger partial charge on any atom is -0.417 e. The Kier molecular flexibility index (Phi) is 6.75. The smallest absolute Gasteiger partial charge is 0.297 e. The van der Waals surface area contributed by atoms with Gasteiger partial charge in [-0.15, -0.1) is 0 Å². The largest absolute Gasteiger partial charge is 0.417 e. The third kappa shape index (κ3) is 5.65. The number of hydrogen-bond acceptors (Lipinski definition) is 4. The lowest BCUT2D eigenvalue weighted by Gasteiger charge is -2.38. The fourth-order valence-corrected chi connectivity index (χ4v) is 5.09. The molecule has 1 aliphatic carbocycles. The highest BCUT2D eigenvalue weighted by Gasteiger charge is 2.38. The average molecular weight is 399 g/mol. The normalized spacial score (nSPS) is 22.4. The van der Waals surface area contributed by atoms with E-state index in [1.165, 1.54) is 0 Å². The summed E-state index contributed by atoms with van der Waals surface area (Å²) in [6, 6.07) is 6.82. The van der Waals surface area contributed by atoms with Crippen LogP contribution in [0.4, 0.5) is 0 Å². The second kappa shape index (κ2) is 8.13. The first kappa shape index (κ1) is 21.6. The summed E-state index contributed by atoms with van der Waals surface area (Å²) < 4.78 is 36.7. The van der Waals surface area contributed by atoms with Crippen LogP contribution in [0.15, 0.2) is 29.2 Å². The lowest BCUT2D eigenvalue weighted by Crippen LogP contribution is -2.42. The van der Waals surface area contributed by atoms with Crippen LogP contribution in [0.3, 0.4) is 0 Å². The van der Waals surface area contributed by atoms with E-state index >= 15 is 0 Å². The van der Waals surface area contributed by atoms with Crippen molar-refractivity contribution in [2.45, 2.75) is 82.5 Å². The molecule has 1 aromatic rings. The summed E-state index contributed by atoms with van der Waals surface area (Å²) in [5.74, 6) is 0.506. The van der Waals surface area contributed by atoms with Gasteiger partial charge in [0.25, 0.3) is 10.1 Å². The van der Waals surface area contributed by atoms with Crippen molar-refractivity contribution in [1.82, 2.24) is 0 Å². The van der Waals surface area contributed by atoms with Crippen molar-refractivity contribution in [3.63, 3.8) is 0 Å². The number of benzene rings is 1. The van der Waals surface area contributed by atoms with Crippen molar-refractivity contribution in [3.05, 3.63) is 29.8 Å². The number of hydrogen-bond donors (Lipinski definition) is 0. The molecule has 0 unspecified atom stereocenters. The number of aryl methyl sites for hydroxylation is 1. The van der Waals surface area contributed by atoms with Crippen molar-refractivity contribution in [2.24, 2.45) is 5.92 Å². The highest BCUT2D eigenvalue weighted by molar-refractivity contribution is 7.86. The van der Waals surface area contributed by atoms with Crippen molar-refractivity contribution < 1.29 is 17.0 Å². The van der Waals surface area contributed by atoms with Crippen molar-refractivity contribution in [1.29, 1.82) is 0 Å². The van der Waals surface area contributed by atoms with E-state index < -0.39 is 18.4 Å². The van der Waals surface area contributed by atoms with Gasteiger partial charge in [0.2, 0.25) is 0 Å². The molecule has 6 heteroatoms. The van der Waals surface area contributed by atoms with Crippen LogP contribution in [-0.4, -0.2) is 29.4 Å². The molecule has 0 saturated heterocycles. The fourth-order valence-electron chi connectivity index (χ4n) is 2.88. The van der Waals surface area contributed by atoms with Gasteiger partial charge in [0.1, 0.15) is 0 Å². The molecule has 0 N–H and O–H groups in total. The molecule has 0 bridgehead atoms. The van der Waals surface area contributed by atoms with Crippen molar-refractivity contribution in [2.75, 3.05) is 6.61 Å². The van der Waals surface area contributed by atoms with E-state index in [-0.39, 0.29) is 16.0 Å². The molecule has 1 fully saturated rings. The molecule has 148 valence electrons. The van der Waals surface area contributed by atoms with Gasteiger partial charge in [-0.1, -0.05) is 38.5 Å². The topological polar surface area (TPSA) is 52.6 Å². The Labute approximate surface area is 160 Å². The Morgan fingerprint density at radius 1 is 1.04 bits per heavy atom. The number of rotatable bonds is 6. The van der Waals surface area contributed by atoms with E-state index in [0.29, 0.717) is 5.92 Å². The van der Waals surface area contributed by atoms with Crippen LogP contribution in [0.1, 0.15) is 52.0 Å². The molecule has 4 nitrogen and oxygen atoms in total. The first-order valence-corrected chi connectivity index (χ1v) is 13.9. The first-order valence-electron chi connectivity index (χ1n) is 9.55. The van der Waals surface area contributed by atoms with Gasteiger partial charge in [-0.25, -0.2) is 0 Å². The Morgan fingerprint density at radius 3 is 2.08 bits per heavy atom. The van der Waals surface area contributed by atoms with Crippen LogP contribution in [0.2, 0.25) is 18.1 Å². The second-order valence-electron chi connectivity index (χ2n) is 9.08. The Balaban J connectivity index is 1.84. The average Bonchev–Trinajstić information content (AvgIpc) is 2.53. The summed E-state index contributed by atoms with van der Waals surface area (Å²) in [7, 11) is -5.39. The van der Waals surface area contributed by atoms with Crippen LogP contribution in [0.25, 0.3) is 0 Å². The summed E-state index contributed by atoms with van der Waals surface area (Å²) >= 11 is 0. The Morgan fingerprint density at radius 2 is 1.58 bits per heavy atom. The molecule has 0 atom stereocenters. The summed E-state index contributed by atoms with van der Waals surface area (Å²) in [4.78, 5) is 0.242. The maximum Gasteiger partial charge on any atom is 0.297 e. The van der Waals surface area contributed by atoms with E-state index in [9.17, 15) is 8.42 Å². The molecule has 0 spiro atoms. The minimum absolute atomic E-state index is 0.217. The monoisotopic (exact) mass is 398 g/mol. The standard InChI is InChI=1S/C20H34O4SSi/c1-16-7-13-19(14-8-16)25(21,22)24-18-11-9-17(10-12-18)15-23-26(5,6)20(2,3)4/h7-8,13-14,17-18H,9-12,15H2,1-6H3. The summed E-state index contributed by atoms with van der Waals surface area (Å²) in [6.07, 6.45) is 3.25. The van der Waals surface area contributed by atoms with Crippen LogP contribution in [0, 0.1) is 12.8 Å². The third-order valence-corrected chi connectivity index (χ3v) is 11.7. The molecule has 0 heterocycles. The van der Waals surface area contributed by atoms with Gasteiger partial charge in [-0.2, -0.15) is 8.42 Å². The van der Waals surface area contributed by atoms with Gasteiger partial charge < -0.3 is 4.43 Å². The van der Waals surface area contributed by atoms with Gasteiger partial charge in [0, 0.05) is 6.61 Å². The molecule has 2 rings (SSSR count). The van der Waals surface area contributed by atoms with E-state index in [1.54, 1.807) is 24.3 Å². The van der Waals surface area contributed by atoms with E-state index in [1.807, 2.05) is 6.92 Å². The zero-order valence-electron chi connectivity index (χ0n) is 17.0. The van der Waals surface area contributed by atoms with Gasteiger partial charge in [0.05, 0.1) is 11.0 Å². The van der Waals surface area contributed by atoms with Crippen molar-refractivity contribution >= 4 is 18.4 Å². The Hall–Kier alpha value is -0.693. The predicted octanol–water partition coefficient (Wildman–Crippen LogP) is 5.28. The lowest BCUT2D eigenvalue weighted by molar-refractivity contribution is 0.111. The van der Waals surface area contributed by atoms with Crippen LogP contribution >= 0.6 is 0 Å². The molecule has 1 aromatic carbocycles. The molecule has 0 radical (unpaired) electrons. The Bertz CT molecular complexity index is 682. The lowest BCUT2D eigenvalue weighted by atomic mass is 9.88. The second-order valence-corrected chi connectivity index (χ2v) is 15.5. The summed E-state index contributed by atoms with van der Waals surface area (Å²) in [5.41, 5.74) is 1.03. The molecular formula is C20H34O4SSi. The maximum absolute atomic E-state index is 12.4. The third-order valence-electron chi connectivity index (χ3n) is 5.85. The zero-order chi connectivity index (χ0) is 19.6. The quantitative estimate of drug-likeness (QED) is 0.483. The van der Waals surface area contributed by atoms with E-state index in [0.717, 1.165) is 37.9 Å². The maximum atomic E-state index is 12.4. The summed E-state index contributed by atoms with van der Waals surface area (Å²) in [6.45, 7) is 14.0. The highest BCUT2D eigenvalue weighted by atomic mass is 32.2. The van der Waals surface area contributed by atoms with Gasteiger partial charge in [-0.3, -0.25) is 4.18 Å². The SMILES string of the molecule is Cc1ccc(S(=O)(=O)OC2CCC(CO[Si](C)(C)C(C)(C)C)CC2)cc1. The van der Waals surface area contributed by atoms with Gasteiger partial charge in [0.15, 0.2) is 8.32 Å². The fraction of sp³-hybridized carbons (Fsp3) is 0.700. The van der Waals surface area contributed by atoms with E-state index in [4.69, 9.17) is 8.61 Å². The molecule has 26 heavy (non-hydrogen) atoms. The molecule has 0 aromatic heterocycles. The van der Waals surface area contributed by atoms with E-state index in [2.05, 4.69) is 33.9 Å². The molecule has 0 amide bonds. The van der Waals surface area contributed by atoms with Crippen LogP contribution in [-0.2, 0) is 18.7 Å². The van der Waals surface area contributed by atoms with Crippen molar-refractivity contribution in [3.8, 4) is 0 Å². The van der Waals surface area contributed by atoms with Crippen LogP contribution in [0.5, 0.6) is 0 Å². The molecular weight excluding hydrogens is 364 g/mol. The minimum atomic E-state index is -3.67. The molecule has 1 saturated carbocycles. The summed E-state index contributed by atoms with van der Waals surface area (Å²) in [5, 5.41) is 0.218. The highest BCUT2D eigenvalue weighted by Crippen LogP contribution is 2.38.